The van der Waals surface area contributed by atoms with Gasteiger partial charge in [-0.1, -0.05) is 141 Å². The molecule has 0 aromatic heterocycles. The van der Waals surface area contributed by atoms with Crippen LogP contribution in [0.25, 0.3) is 0 Å². The quantitative estimate of drug-likeness (QED) is 0.0942. The second-order valence-corrected chi connectivity index (χ2v) is 14.2. The lowest BCUT2D eigenvalue weighted by Crippen LogP contribution is -2.50. The minimum Gasteiger partial charge on any atom is -0.487 e. The van der Waals surface area contributed by atoms with Gasteiger partial charge in [-0.25, -0.2) is 8.42 Å². The Morgan fingerprint density at radius 3 is 1.67 bits per heavy atom. The SMILES string of the molecule is CCCCCS(=O)(=O)CC1=C(OCc2ccccc2)[C@@H](OCc2ccccc2)[C@H](OCc2ccccc2)[C@@H](COCc2ccccc2)O1. The monoisotopic (exact) mass is 670 g/mol. The first-order valence-corrected chi connectivity index (χ1v) is 18.5. The van der Waals surface area contributed by atoms with Gasteiger partial charge in [0.15, 0.2) is 27.5 Å². The fourth-order valence-electron chi connectivity index (χ4n) is 5.55. The maximum Gasteiger partial charge on any atom is 0.167 e. The number of hydrogen-bond acceptors (Lipinski definition) is 7. The molecule has 0 aliphatic carbocycles. The summed E-state index contributed by atoms with van der Waals surface area (Å²) in [6, 6.07) is 39.4. The van der Waals surface area contributed by atoms with E-state index in [4.69, 9.17) is 23.7 Å². The summed E-state index contributed by atoms with van der Waals surface area (Å²) >= 11 is 0. The van der Waals surface area contributed by atoms with Crippen LogP contribution < -0.4 is 0 Å². The minimum atomic E-state index is -3.52. The van der Waals surface area contributed by atoms with Crippen molar-refractivity contribution in [3.63, 3.8) is 0 Å². The van der Waals surface area contributed by atoms with Crippen molar-refractivity contribution in [3.05, 3.63) is 155 Å². The second-order valence-electron chi connectivity index (χ2n) is 12.0. The summed E-state index contributed by atoms with van der Waals surface area (Å²) in [6.45, 7) is 3.36. The van der Waals surface area contributed by atoms with Gasteiger partial charge in [-0.05, 0) is 28.7 Å². The first-order valence-electron chi connectivity index (χ1n) is 16.7. The van der Waals surface area contributed by atoms with Crippen LogP contribution in [0.3, 0.4) is 0 Å². The Morgan fingerprint density at radius 2 is 1.12 bits per heavy atom. The normalized spacial score (nSPS) is 18.0. The zero-order valence-corrected chi connectivity index (χ0v) is 28.4. The Hall–Kier alpha value is -3.95. The average molecular weight is 671 g/mol. The first kappa shape index (κ1) is 35.4. The number of hydrogen-bond donors (Lipinski definition) is 0. The molecule has 7 nitrogen and oxygen atoms in total. The molecule has 0 spiro atoms. The number of benzene rings is 4. The van der Waals surface area contributed by atoms with Gasteiger partial charge in [-0.3, -0.25) is 0 Å². The molecule has 0 bridgehead atoms. The smallest absolute Gasteiger partial charge is 0.167 e. The summed E-state index contributed by atoms with van der Waals surface area (Å²) < 4.78 is 59.6. The summed E-state index contributed by atoms with van der Waals surface area (Å²) in [5.41, 5.74) is 3.92. The van der Waals surface area contributed by atoms with E-state index in [1.54, 1.807) is 0 Å². The molecule has 1 aliphatic heterocycles. The Morgan fingerprint density at radius 1 is 0.625 bits per heavy atom. The lowest BCUT2D eigenvalue weighted by molar-refractivity contribution is -0.173. The van der Waals surface area contributed by atoms with E-state index in [2.05, 4.69) is 6.92 Å². The van der Waals surface area contributed by atoms with Gasteiger partial charge >= 0.3 is 0 Å². The molecule has 1 aliphatic rings. The van der Waals surface area contributed by atoms with E-state index in [-0.39, 0.29) is 37.1 Å². The summed E-state index contributed by atoms with van der Waals surface area (Å²) in [4.78, 5) is 0. The summed E-state index contributed by atoms with van der Waals surface area (Å²) in [5, 5.41) is 0. The van der Waals surface area contributed by atoms with Gasteiger partial charge < -0.3 is 23.7 Å². The third-order valence-corrected chi connectivity index (χ3v) is 9.70. The number of sulfone groups is 1. The first-order chi connectivity index (χ1) is 23.5. The zero-order valence-electron chi connectivity index (χ0n) is 27.6. The van der Waals surface area contributed by atoms with Gasteiger partial charge in [0, 0.05) is 0 Å². The molecule has 0 amide bonds. The predicted octanol–water partition coefficient (Wildman–Crippen LogP) is 7.81. The van der Waals surface area contributed by atoms with E-state index in [0.717, 1.165) is 35.1 Å². The Labute approximate surface area is 285 Å². The Balaban J connectivity index is 1.50. The van der Waals surface area contributed by atoms with E-state index in [1.807, 2.05) is 121 Å². The van der Waals surface area contributed by atoms with Crippen molar-refractivity contribution < 1.29 is 32.1 Å². The van der Waals surface area contributed by atoms with E-state index < -0.39 is 28.1 Å². The number of ether oxygens (including phenoxy) is 5. The van der Waals surface area contributed by atoms with Crippen LogP contribution in [0.4, 0.5) is 0 Å². The third-order valence-electron chi connectivity index (χ3n) is 8.09. The Bertz CT molecular complexity index is 1630. The molecular formula is C40H46O7S. The molecular weight excluding hydrogens is 625 g/mol. The molecule has 1 heterocycles. The molecule has 0 fully saturated rings. The highest BCUT2D eigenvalue weighted by Gasteiger charge is 2.44. The Kier molecular flexibility index (Phi) is 13.7. The predicted molar refractivity (Wildman–Crippen MR) is 187 cm³/mol. The van der Waals surface area contributed by atoms with Crippen molar-refractivity contribution in [2.24, 2.45) is 0 Å². The molecule has 4 aromatic rings. The van der Waals surface area contributed by atoms with Crippen LogP contribution in [0.2, 0.25) is 0 Å². The van der Waals surface area contributed by atoms with E-state index in [9.17, 15) is 8.42 Å². The highest BCUT2D eigenvalue weighted by molar-refractivity contribution is 7.91. The summed E-state index contributed by atoms with van der Waals surface area (Å²) in [5.74, 6) is 0.352. The van der Waals surface area contributed by atoms with Crippen molar-refractivity contribution in [1.29, 1.82) is 0 Å². The molecule has 3 atom stereocenters. The highest BCUT2D eigenvalue weighted by atomic mass is 32.2. The molecule has 0 N–H and O–H groups in total. The fraction of sp³-hybridized carbons (Fsp3) is 0.350. The van der Waals surface area contributed by atoms with Crippen molar-refractivity contribution in [3.8, 4) is 0 Å². The molecule has 254 valence electrons. The van der Waals surface area contributed by atoms with E-state index in [0.29, 0.717) is 25.4 Å². The second kappa shape index (κ2) is 18.6. The third kappa shape index (κ3) is 11.1. The van der Waals surface area contributed by atoms with Crippen LogP contribution >= 0.6 is 0 Å². The lowest BCUT2D eigenvalue weighted by atomic mass is 10.0. The van der Waals surface area contributed by atoms with Crippen LogP contribution in [-0.4, -0.2) is 44.8 Å². The van der Waals surface area contributed by atoms with Gasteiger partial charge in [0.05, 0.1) is 32.2 Å². The maximum absolute atomic E-state index is 13.5. The van der Waals surface area contributed by atoms with Crippen LogP contribution in [0.5, 0.6) is 0 Å². The largest absolute Gasteiger partial charge is 0.487 e. The van der Waals surface area contributed by atoms with Crippen LogP contribution in [0.15, 0.2) is 133 Å². The molecule has 0 saturated heterocycles. The molecule has 0 saturated carbocycles. The van der Waals surface area contributed by atoms with Crippen molar-refractivity contribution in [2.75, 3.05) is 18.1 Å². The number of rotatable bonds is 19. The summed E-state index contributed by atoms with van der Waals surface area (Å²) in [6.07, 6.45) is 0.261. The molecule has 0 radical (unpaired) electrons. The van der Waals surface area contributed by atoms with Gasteiger partial charge in [-0.2, -0.15) is 0 Å². The molecule has 5 rings (SSSR count). The minimum absolute atomic E-state index is 0.0678. The lowest BCUT2D eigenvalue weighted by Gasteiger charge is -2.40. The molecule has 4 aromatic carbocycles. The molecule has 0 unspecified atom stereocenters. The van der Waals surface area contributed by atoms with Crippen LogP contribution in [0.1, 0.15) is 48.4 Å². The van der Waals surface area contributed by atoms with Crippen LogP contribution in [0, 0.1) is 0 Å². The van der Waals surface area contributed by atoms with Crippen molar-refractivity contribution in [2.45, 2.75) is 70.9 Å². The zero-order chi connectivity index (χ0) is 33.4. The van der Waals surface area contributed by atoms with Gasteiger partial charge in [-0.15, -0.1) is 0 Å². The van der Waals surface area contributed by atoms with Gasteiger partial charge in [0.2, 0.25) is 0 Å². The number of unbranched alkanes of at least 4 members (excludes halogenated alkanes) is 2. The molecule has 48 heavy (non-hydrogen) atoms. The summed E-state index contributed by atoms with van der Waals surface area (Å²) in [7, 11) is -3.52. The fourth-order valence-corrected chi connectivity index (χ4v) is 6.94. The van der Waals surface area contributed by atoms with E-state index >= 15 is 0 Å². The standard InChI is InChI=1S/C40H46O7S/c1-2-3-16-25-48(41,42)31-37-39(45-28-34-21-12-6-13-22-34)40(46-29-35-23-14-7-15-24-35)38(44-27-33-19-10-5-11-20-33)36(47-37)30-43-26-32-17-8-4-9-18-32/h4-15,17-24,36,38,40H,2-3,16,25-31H2,1H3/t36-,38-,40+/m1/s1. The highest BCUT2D eigenvalue weighted by Crippen LogP contribution is 2.33. The van der Waals surface area contributed by atoms with Crippen molar-refractivity contribution in [1.82, 2.24) is 0 Å². The van der Waals surface area contributed by atoms with Crippen molar-refractivity contribution >= 4 is 9.84 Å². The molecule has 8 heteroatoms. The van der Waals surface area contributed by atoms with E-state index in [1.165, 1.54) is 0 Å². The van der Waals surface area contributed by atoms with Crippen LogP contribution in [-0.2, 0) is 59.9 Å². The topological polar surface area (TPSA) is 80.3 Å². The van der Waals surface area contributed by atoms with Gasteiger partial charge in [0.25, 0.3) is 0 Å². The maximum atomic E-state index is 13.5. The van der Waals surface area contributed by atoms with Gasteiger partial charge in [0.1, 0.15) is 24.6 Å². The average Bonchev–Trinajstić information content (AvgIpc) is 3.11.